The van der Waals surface area contributed by atoms with Crippen LogP contribution in [0.25, 0.3) is 0 Å². The SMILES string of the molecule is N#Cc1cc(NCc2cc(F)c(F)cc2F)ccc1Cl. The van der Waals surface area contributed by atoms with Crippen LogP contribution in [-0.4, -0.2) is 0 Å². The Kier molecular flexibility index (Phi) is 4.16. The van der Waals surface area contributed by atoms with Gasteiger partial charge in [-0.3, -0.25) is 0 Å². The average molecular weight is 297 g/mol. The van der Waals surface area contributed by atoms with Crippen LogP contribution in [0.4, 0.5) is 18.9 Å². The van der Waals surface area contributed by atoms with Crippen molar-refractivity contribution in [1.82, 2.24) is 0 Å². The number of nitrogens with zero attached hydrogens (tertiary/aromatic N) is 1. The molecule has 102 valence electrons. The smallest absolute Gasteiger partial charge is 0.161 e. The van der Waals surface area contributed by atoms with Gasteiger partial charge in [-0.05, 0) is 24.3 Å². The van der Waals surface area contributed by atoms with Crippen molar-refractivity contribution >= 4 is 17.3 Å². The third-order valence-corrected chi connectivity index (χ3v) is 2.99. The van der Waals surface area contributed by atoms with Gasteiger partial charge in [0, 0.05) is 23.9 Å². The van der Waals surface area contributed by atoms with Gasteiger partial charge < -0.3 is 5.32 Å². The van der Waals surface area contributed by atoms with Crippen LogP contribution in [0, 0.1) is 28.8 Å². The summed E-state index contributed by atoms with van der Waals surface area (Å²) in [4.78, 5) is 0. The predicted octanol–water partition coefficient (Wildman–Crippen LogP) is 4.24. The molecule has 2 rings (SSSR count). The van der Waals surface area contributed by atoms with Crippen LogP contribution in [0.5, 0.6) is 0 Å². The molecule has 0 saturated carbocycles. The third-order valence-electron chi connectivity index (χ3n) is 2.66. The van der Waals surface area contributed by atoms with E-state index in [4.69, 9.17) is 16.9 Å². The molecule has 0 aromatic heterocycles. The summed E-state index contributed by atoms with van der Waals surface area (Å²) in [6.45, 7) is -0.0461. The zero-order chi connectivity index (χ0) is 14.7. The Hall–Kier alpha value is -2.19. The zero-order valence-electron chi connectivity index (χ0n) is 10.1. The summed E-state index contributed by atoms with van der Waals surface area (Å²) in [7, 11) is 0. The molecular formula is C14H8ClF3N2. The van der Waals surface area contributed by atoms with Gasteiger partial charge >= 0.3 is 0 Å². The monoisotopic (exact) mass is 296 g/mol. The zero-order valence-corrected chi connectivity index (χ0v) is 10.8. The topological polar surface area (TPSA) is 35.8 Å². The summed E-state index contributed by atoms with van der Waals surface area (Å²) < 4.78 is 39.2. The molecule has 6 heteroatoms. The molecule has 1 N–H and O–H groups in total. The minimum Gasteiger partial charge on any atom is -0.381 e. The first-order chi connectivity index (χ1) is 9.51. The Balaban J connectivity index is 2.17. The Labute approximate surface area is 118 Å². The maximum Gasteiger partial charge on any atom is 0.161 e. The van der Waals surface area contributed by atoms with Crippen molar-refractivity contribution < 1.29 is 13.2 Å². The first-order valence-electron chi connectivity index (χ1n) is 5.58. The highest BCUT2D eigenvalue weighted by atomic mass is 35.5. The van der Waals surface area contributed by atoms with E-state index in [0.717, 1.165) is 6.07 Å². The number of anilines is 1. The summed E-state index contributed by atoms with van der Waals surface area (Å²) in [5, 5.41) is 11.9. The fourth-order valence-corrected chi connectivity index (χ4v) is 1.78. The van der Waals surface area contributed by atoms with Crippen molar-refractivity contribution in [3.8, 4) is 6.07 Å². The molecule has 2 aromatic carbocycles. The molecular weight excluding hydrogens is 289 g/mol. The maximum absolute atomic E-state index is 13.4. The predicted molar refractivity (Wildman–Crippen MR) is 69.8 cm³/mol. The highest BCUT2D eigenvalue weighted by molar-refractivity contribution is 6.31. The second-order valence-electron chi connectivity index (χ2n) is 4.02. The van der Waals surface area contributed by atoms with Gasteiger partial charge in [0.05, 0.1) is 10.6 Å². The van der Waals surface area contributed by atoms with E-state index in [0.29, 0.717) is 16.8 Å². The van der Waals surface area contributed by atoms with Gasteiger partial charge in [-0.1, -0.05) is 11.6 Å². The van der Waals surface area contributed by atoms with Gasteiger partial charge in [0.25, 0.3) is 0 Å². The van der Waals surface area contributed by atoms with E-state index in [1.807, 2.05) is 6.07 Å². The quantitative estimate of drug-likeness (QED) is 0.860. The van der Waals surface area contributed by atoms with Crippen LogP contribution in [0.1, 0.15) is 11.1 Å². The van der Waals surface area contributed by atoms with E-state index in [-0.39, 0.29) is 17.7 Å². The number of rotatable bonds is 3. The highest BCUT2D eigenvalue weighted by Gasteiger charge is 2.10. The summed E-state index contributed by atoms with van der Waals surface area (Å²) >= 11 is 5.78. The lowest BCUT2D eigenvalue weighted by Crippen LogP contribution is -2.04. The molecule has 0 amide bonds. The number of nitrogens with one attached hydrogen (secondary N) is 1. The molecule has 0 unspecified atom stereocenters. The lowest BCUT2D eigenvalue weighted by molar-refractivity contribution is 0.490. The summed E-state index contributed by atoms with van der Waals surface area (Å²) in [5.41, 5.74) is 0.773. The maximum atomic E-state index is 13.4. The van der Waals surface area contributed by atoms with E-state index < -0.39 is 17.5 Å². The van der Waals surface area contributed by atoms with Crippen LogP contribution in [0.15, 0.2) is 30.3 Å². The number of hydrogen-bond donors (Lipinski definition) is 1. The van der Waals surface area contributed by atoms with Crippen molar-refractivity contribution in [2.75, 3.05) is 5.32 Å². The van der Waals surface area contributed by atoms with E-state index in [9.17, 15) is 13.2 Å². The molecule has 0 radical (unpaired) electrons. The second-order valence-corrected chi connectivity index (χ2v) is 4.42. The van der Waals surface area contributed by atoms with Gasteiger partial charge in [-0.25, -0.2) is 13.2 Å². The van der Waals surface area contributed by atoms with E-state index >= 15 is 0 Å². The molecule has 0 aliphatic heterocycles. The minimum absolute atomic E-state index is 0.0163. The Morgan fingerprint density at radius 3 is 2.45 bits per heavy atom. The average Bonchev–Trinajstić information content (AvgIpc) is 2.43. The van der Waals surface area contributed by atoms with Crippen LogP contribution in [-0.2, 0) is 6.54 Å². The van der Waals surface area contributed by atoms with Crippen molar-refractivity contribution in [3.63, 3.8) is 0 Å². The molecule has 0 aliphatic rings. The van der Waals surface area contributed by atoms with Gasteiger partial charge in [0.2, 0.25) is 0 Å². The fraction of sp³-hybridized carbons (Fsp3) is 0.0714. The van der Waals surface area contributed by atoms with Crippen molar-refractivity contribution in [2.24, 2.45) is 0 Å². The first kappa shape index (κ1) is 14.2. The molecule has 0 spiro atoms. The number of hydrogen-bond acceptors (Lipinski definition) is 2. The van der Waals surface area contributed by atoms with Gasteiger partial charge in [0.15, 0.2) is 11.6 Å². The van der Waals surface area contributed by atoms with Gasteiger partial charge in [-0.2, -0.15) is 5.26 Å². The molecule has 0 saturated heterocycles. The molecule has 0 fully saturated rings. The molecule has 0 atom stereocenters. The lowest BCUT2D eigenvalue weighted by atomic mass is 10.1. The van der Waals surface area contributed by atoms with Crippen LogP contribution in [0.3, 0.4) is 0 Å². The summed E-state index contributed by atoms with van der Waals surface area (Å²) in [6, 6.07) is 7.79. The summed E-state index contributed by atoms with van der Waals surface area (Å²) in [5.74, 6) is -3.19. The third kappa shape index (κ3) is 3.03. The molecule has 0 aliphatic carbocycles. The van der Waals surface area contributed by atoms with Crippen LogP contribution < -0.4 is 5.32 Å². The highest BCUT2D eigenvalue weighted by Crippen LogP contribution is 2.21. The summed E-state index contributed by atoms with van der Waals surface area (Å²) in [6.07, 6.45) is 0. The Morgan fingerprint density at radius 1 is 1.05 bits per heavy atom. The van der Waals surface area contributed by atoms with Crippen molar-refractivity contribution in [3.05, 3.63) is 63.9 Å². The number of nitriles is 1. The fourth-order valence-electron chi connectivity index (χ4n) is 1.62. The normalized spacial score (nSPS) is 10.2. The van der Waals surface area contributed by atoms with Crippen molar-refractivity contribution in [1.29, 1.82) is 5.26 Å². The molecule has 2 aromatic rings. The first-order valence-corrected chi connectivity index (χ1v) is 5.96. The largest absolute Gasteiger partial charge is 0.381 e. The Bertz CT molecular complexity index is 696. The van der Waals surface area contributed by atoms with Crippen LogP contribution in [0.2, 0.25) is 5.02 Å². The molecule has 2 nitrogen and oxygen atoms in total. The number of halogens is 4. The minimum atomic E-state index is -1.23. The second kappa shape index (κ2) is 5.85. The van der Waals surface area contributed by atoms with E-state index in [1.54, 1.807) is 6.07 Å². The Morgan fingerprint density at radius 2 is 1.75 bits per heavy atom. The molecule has 20 heavy (non-hydrogen) atoms. The number of benzene rings is 2. The van der Waals surface area contributed by atoms with E-state index in [1.165, 1.54) is 12.1 Å². The lowest BCUT2D eigenvalue weighted by Gasteiger charge is -2.09. The molecule has 0 heterocycles. The van der Waals surface area contributed by atoms with E-state index in [2.05, 4.69) is 5.32 Å². The standard InChI is InChI=1S/C14H8ClF3N2/c15-11-2-1-10(3-8(11)6-19)20-7-9-4-13(17)14(18)5-12(9)16/h1-5,20H,7H2. The molecule has 0 bridgehead atoms. The van der Waals surface area contributed by atoms with Gasteiger partial charge in [-0.15, -0.1) is 0 Å². The van der Waals surface area contributed by atoms with Crippen LogP contribution >= 0.6 is 11.6 Å². The van der Waals surface area contributed by atoms with Gasteiger partial charge in [0.1, 0.15) is 11.9 Å². The van der Waals surface area contributed by atoms with Crippen molar-refractivity contribution in [2.45, 2.75) is 6.54 Å².